The molecule has 0 aliphatic heterocycles. The molecule has 84 valence electrons. The van der Waals surface area contributed by atoms with E-state index < -0.39 is 0 Å². The summed E-state index contributed by atoms with van der Waals surface area (Å²) in [5, 5.41) is 4.09. The fourth-order valence-electron chi connectivity index (χ4n) is 1.39. The van der Waals surface area contributed by atoms with Gasteiger partial charge in [-0.1, -0.05) is 29.3 Å². The molecule has 0 radical (unpaired) electrons. The minimum atomic E-state index is 0.597. The zero-order chi connectivity index (χ0) is 11.5. The SMILES string of the molecule is NCCc1csc(-c2c(Cl)cccc2Cl)n1. The Morgan fingerprint density at radius 3 is 2.56 bits per heavy atom. The lowest BCUT2D eigenvalue weighted by Crippen LogP contribution is -2.02. The molecule has 2 nitrogen and oxygen atoms in total. The van der Waals surface area contributed by atoms with Gasteiger partial charge in [0.2, 0.25) is 0 Å². The monoisotopic (exact) mass is 272 g/mol. The maximum atomic E-state index is 6.11. The van der Waals surface area contributed by atoms with Crippen LogP contribution in [0.2, 0.25) is 10.0 Å². The third-order valence-electron chi connectivity index (χ3n) is 2.13. The second-order valence-electron chi connectivity index (χ2n) is 3.28. The van der Waals surface area contributed by atoms with Gasteiger partial charge in [-0.05, 0) is 18.7 Å². The highest BCUT2D eigenvalue weighted by Gasteiger charge is 2.11. The summed E-state index contributed by atoms with van der Waals surface area (Å²) in [6.07, 6.45) is 0.776. The van der Waals surface area contributed by atoms with Gasteiger partial charge >= 0.3 is 0 Å². The summed E-state index contributed by atoms with van der Waals surface area (Å²) in [7, 11) is 0. The number of thiazole rings is 1. The Hall–Kier alpha value is -0.610. The van der Waals surface area contributed by atoms with E-state index in [0.29, 0.717) is 16.6 Å². The molecule has 0 saturated heterocycles. The summed E-state index contributed by atoms with van der Waals surface area (Å²) in [6, 6.07) is 5.45. The van der Waals surface area contributed by atoms with Crippen molar-refractivity contribution in [1.29, 1.82) is 0 Å². The first-order valence-corrected chi connectivity index (χ1v) is 6.45. The highest BCUT2D eigenvalue weighted by atomic mass is 35.5. The van der Waals surface area contributed by atoms with Crippen LogP contribution in [0.15, 0.2) is 23.6 Å². The number of rotatable bonds is 3. The Morgan fingerprint density at radius 1 is 1.25 bits per heavy atom. The summed E-state index contributed by atoms with van der Waals surface area (Å²) in [4.78, 5) is 4.46. The normalized spacial score (nSPS) is 10.7. The van der Waals surface area contributed by atoms with Gasteiger partial charge in [0.15, 0.2) is 0 Å². The number of benzene rings is 1. The maximum absolute atomic E-state index is 6.11. The third kappa shape index (κ3) is 2.38. The summed E-state index contributed by atoms with van der Waals surface area (Å²) in [6.45, 7) is 0.597. The van der Waals surface area contributed by atoms with Gasteiger partial charge in [-0.25, -0.2) is 4.98 Å². The molecule has 2 N–H and O–H groups in total. The zero-order valence-corrected chi connectivity index (χ0v) is 10.7. The third-order valence-corrected chi connectivity index (χ3v) is 3.67. The molecule has 2 rings (SSSR count). The maximum Gasteiger partial charge on any atom is 0.126 e. The molecule has 0 spiro atoms. The van der Waals surface area contributed by atoms with Crippen molar-refractivity contribution in [2.45, 2.75) is 6.42 Å². The van der Waals surface area contributed by atoms with Crippen LogP contribution < -0.4 is 5.73 Å². The Labute approximate surface area is 108 Å². The first kappa shape index (κ1) is 11.9. The summed E-state index contributed by atoms with van der Waals surface area (Å²) >= 11 is 13.8. The van der Waals surface area contributed by atoms with Crippen molar-refractivity contribution in [2.75, 3.05) is 6.54 Å². The van der Waals surface area contributed by atoms with Gasteiger partial charge in [-0.3, -0.25) is 0 Å². The molecule has 0 fully saturated rings. The average Bonchev–Trinajstić information content (AvgIpc) is 2.67. The lowest BCUT2D eigenvalue weighted by Gasteiger charge is -2.02. The molecule has 0 saturated carbocycles. The van der Waals surface area contributed by atoms with E-state index in [-0.39, 0.29) is 0 Å². The van der Waals surface area contributed by atoms with Crippen molar-refractivity contribution in [1.82, 2.24) is 4.98 Å². The van der Waals surface area contributed by atoms with Crippen molar-refractivity contribution < 1.29 is 0 Å². The van der Waals surface area contributed by atoms with Crippen molar-refractivity contribution in [3.05, 3.63) is 39.3 Å². The quantitative estimate of drug-likeness (QED) is 0.927. The predicted octanol–water partition coefficient (Wildman–Crippen LogP) is 3.62. The summed E-state index contributed by atoms with van der Waals surface area (Å²) < 4.78 is 0. The molecule has 1 aromatic carbocycles. The topological polar surface area (TPSA) is 38.9 Å². The highest BCUT2D eigenvalue weighted by molar-refractivity contribution is 7.13. The fraction of sp³-hybridized carbons (Fsp3) is 0.182. The highest BCUT2D eigenvalue weighted by Crippen LogP contribution is 2.36. The van der Waals surface area contributed by atoms with Gasteiger partial charge in [0.05, 0.1) is 15.7 Å². The van der Waals surface area contributed by atoms with Crippen molar-refractivity contribution >= 4 is 34.5 Å². The minimum Gasteiger partial charge on any atom is -0.330 e. The van der Waals surface area contributed by atoms with E-state index >= 15 is 0 Å². The van der Waals surface area contributed by atoms with E-state index in [0.717, 1.165) is 22.7 Å². The van der Waals surface area contributed by atoms with Gasteiger partial charge in [-0.15, -0.1) is 11.3 Å². The van der Waals surface area contributed by atoms with E-state index in [2.05, 4.69) is 4.98 Å². The molecule has 0 amide bonds. The largest absolute Gasteiger partial charge is 0.330 e. The van der Waals surface area contributed by atoms with Gasteiger partial charge in [0, 0.05) is 17.4 Å². The van der Waals surface area contributed by atoms with Crippen LogP contribution >= 0.6 is 34.5 Å². The number of nitrogens with two attached hydrogens (primary N) is 1. The van der Waals surface area contributed by atoms with Crippen LogP contribution in [-0.2, 0) is 6.42 Å². The zero-order valence-electron chi connectivity index (χ0n) is 8.41. The Bertz CT molecular complexity index is 476. The van der Waals surface area contributed by atoms with Crippen molar-refractivity contribution in [3.63, 3.8) is 0 Å². The average molecular weight is 273 g/mol. The van der Waals surface area contributed by atoms with Crippen LogP contribution in [0.1, 0.15) is 5.69 Å². The van der Waals surface area contributed by atoms with Crippen LogP contribution in [0.25, 0.3) is 10.6 Å². The summed E-state index contributed by atoms with van der Waals surface area (Å²) in [5.74, 6) is 0. The lowest BCUT2D eigenvalue weighted by atomic mass is 10.2. The first-order valence-electron chi connectivity index (χ1n) is 4.81. The van der Waals surface area contributed by atoms with Gasteiger partial charge in [-0.2, -0.15) is 0 Å². The molecule has 0 atom stereocenters. The number of hydrogen-bond donors (Lipinski definition) is 1. The molecule has 0 unspecified atom stereocenters. The van der Waals surface area contributed by atoms with Gasteiger partial charge < -0.3 is 5.73 Å². The number of nitrogens with zero attached hydrogens (tertiary/aromatic N) is 1. The molecular weight excluding hydrogens is 263 g/mol. The molecule has 5 heteroatoms. The Morgan fingerprint density at radius 2 is 1.94 bits per heavy atom. The molecule has 0 aliphatic rings. The van der Waals surface area contributed by atoms with Crippen molar-refractivity contribution in [2.24, 2.45) is 5.73 Å². The second kappa shape index (κ2) is 5.15. The van der Waals surface area contributed by atoms with Crippen LogP contribution in [0, 0.1) is 0 Å². The van der Waals surface area contributed by atoms with Crippen LogP contribution in [0.4, 0.5) is 0 Å². The molecular formula is C11H10Cl2N2S. The Balaban J connectivity index is 2.42. The number of aromatic nitrogens is 1. The minimum absolute atomic E-state index is 0.597. The second-order valence-corrected chi connectivity index (χ2v) is 4.95. The van der Waals surface area contributed by atoms with Gasteiger partial charge in [0.1, 0.15) is 5.01 Å². The van der Waals surface area contributed by atoms with E-state index in [1.54, 1.807) is 0 Å². The van der Waals surface area contributed by atoms with Crippen LogP contribution in [-0.4, -0.2) is 11.5 Å². The number of hydrogen-bond acceptors (Lipinski definition) is 3. The molecule has 1 aromatic heterocycles. The lowest BCUT2D eigenvalue weighted by molar-refractivity contribution is 0.936. The molecule has 16 heavy (non-hydrogen) atoms. The molecule has 1 heterocycles. The van der Waals surface area contributed by atoms with E-state index in [4.69, 9.17) is 28.9 Å². The molecule has 0 aliphatic carbocycles. The van der Waals surface area contributed by atoms with E-state index in [1.807, 2.05) is 23.6 Å². The van der Waals surface area contributed by atoms with E-state index in [9.17, 15) is 0 Å². The molecule has 0 bridgehead atoms. The van der Waals surface area contributed by atoms with Crippen LogP contribution in [0.5, 0.6) is 0 Å². The Kier molecular flexibility index (Phi) is 3.82. The van der Waals surface area contributed by atoms with Crippen LogP contribution in [0.3, 0.4) is 0 Å². The first-order chi connectivity index (χ1) is 7.72. The van der Waals surface area contributed by atoms with Gasteiger partial charge in [0.25, 0.3) is 0 Å². The van der Waals surface area contributed by atoms with Crippen molar-refractivity contribution in [3.8, 4) is 10.6 Å². The predicted molar refractivity (Wildman–Crippen MR) is 70.3 cm³/mol. The standard InChI is InChI=1S/C11H10Cl2N2S/c12-8-2-1-3-9(13)10(8)11-15-7(4-5-14)6-16-11/h1-3,6H,4-5,14H2. The summed E-state index contributed by atoms with van der Waals surface area (Å²) in [5.41, 5.74) is 7.27. The fourth-order valence-corrected chi connectivity index (χ4v) is 3.00. The smallest absolute Gasteiger partial charge is 0.126 e. The molecule has 2 aromatic rings. The van der Waals surface area contributed by atoms with E-state index in [1.165, 1.54) is 11.3 Å². The number of halogens is 2.